The summed E-state index contributed by atoms with van der Waals surface area (Å²) >= 11 is 0. The van der Waals surface area contributed by atoms with Crippen LogP contribution >= 0.6 is 0 Å². The van der Waals surface area contributed by atoms with E-state index in [4.69, 9.17) is 4.74 Å². The van der Waals surface area contributed by atoms with E-state index in [9.17, 15) is 27.9 Å². The maximum absolute atomic E-state index is 12.9. The standard InChI is InChI=1S/C21H26F3N3O4/c22-21(23,24)17-11-14(1-6-25-17)18(29)27-9-4-20(5-10-27)12-16(31-19(20)30)13-26-7-2-15(28)3-8-26/h1,6,11,15-16,28H,2-5,7-10,12-13H2. The van der Waals surface area contributed by atoms with Crippen LogP contribution in [0.3, 0.4) is 0 Å². The molecular weight excluding hydrogens is 415 g/mol. The normalized spacial score (nSPS) is 25.1. The molecule has 4 rings (SSSR count). The molecule has 1 spiro atoms. The second-order valence-corrected chi connectivity index (χ2v) is 8.76. The molecule has 0 radical (unpaired) electrons. The van der Waals surface area contributed by atoms with Gasteiger partial charge in [0.1, 0.15) is 11.8 Å². The third kappa shape index (κ3) is 4.69. The number of carbonyl (C=O) groups is 2. The third-order valence-electron chi connectivity index (χ3n) is 6.65. The lowest BCUT2D eigenvalue weighted by Crippen LogP contribution is -2.45. The maximum Gasteiger partial charge on any atom is 0.433 e. The highest BCUT2D eigenvalue weighted by Gasteiger charge is 2.51. The molecule has 1 aromatic heterocycles. The topological polar surface area (TPSA) is 83.0 Å². The zero-order valence-corrected chi connectivity index (χ0v) is 17.1. The number of hydrogen-bond acceptors (Lipinski definition) is 6. The number of nitrogens with zero attached hydrogens (tertiary/aromatic N) is 3. The molecule has 1 unspecified atom stereocenters. The first-order valence-corrected chi connectivity index (χ1v) is 10.6. The Labute approximate surface area is 178 Å². The van der Waals surface area contributed by atoms with E-state index in [1.807, 2.05) is 0 Å². The van der Waals surface area contributed by atoms with Gasteiger partial charge in [-0.1, -0.05) is 0 Å². The summed E-state index contributed by atoms with van der Waals surface area (Å²) in [6, 6.07) is 2.04. The fraction of sp³-hybridized carbons (Fsp3) is 0.667. The highest BCUT2D eigenvalue weighted by Crippen LogP contribution is 2.43. The predicted octanol–water partition coefficient (Wildman–Crippen LogP) is 2.09. The van der Waals surface area contributed by atoms with Gasteiger partial charge >= 0.3 is 12.1 Å². The smallest absolute Gasteiger partial charge is 0.433 e. The first-order chi connectivity index (χ1) is 14.7. The molecule has 3 saturated heterocycles. The van der Waals surface area contributed by atoms with Gasteiger partial charge in [0.15, 0.2) is 0 Å². The fourth-order valence-electron chi connectivity index (χ4n) is 4.78. The Kier molecular flexibility index (Phi) is 5.95. The number of hydrogen-bond donors (Lipinski definition) is 1. The van der Waals surface area contributed by atoms with Gasteiger partial charge in [-0.2, -0.15) is 13.2 Å². The molecule has 0 aromatic carbocycles. The Morgan fingerprint density at radius 3 is 2.55 bits per heavy atom. The minimum Gasteiger partial charge on any atom is -0.461 e. The van der Waals surface area contributed by atoms with Gasteiger partial charge in [0, 0.05) is 50.9 Å². The molecule has 7 nitrogen and oxygen atoms in total. The van der Waals surface area contributed by atoms with E-state index in [0.29, 0.717) is 51.7 Å². The fourth-order valence-corrected chi connectivity index (χ4v) is 4.78. The predicted molar refractivity (Wildman–Crippen MR) is 103 cm³/mol. The van der Waals surface area contributed by atoms with Crippen molar-refractivity contribution in [2.45, 2.75) is 50.5 Å². The molecule has 1 aromatic rings. The molecule has 1 atom stereocenters. The second kappa shape index (κ2) is 8.38. The van der Waals surface area contributed by atoms with Gasteiger partial charge in [0.25, 0.3) is 5.91 Å². The molecule has 0 saturated carbocycles. The Morgan fingerprint density at radius 1 is 1.23 bits per heavy atom. The zero-order chi connectivity index (χ0) is 22.2. The molecular formula is C21H26F3N3O4. The molecule has 1 amide bonds. The Bertz CT molecular complexity index is 831. The number of aliphatic hydroxyl groups excluding tert-OH is 1. The van der Waals surface area contributed by atoms with Gasteiger partial charge in [-0.05, 0) is 37.8 Å². The first kappa shape index (κ1) is 22.0. The largest absolute Gasteiger partial charge is 0.461 e. The lowest BCUT2D eigenvalue weighted by Gasteiger charge is -2.36. The summed E-state index contributed by atoms with van der Waals surface area (Å²) in [6.45, 7) is 2.77. The quantitative estimate of drug-likeness (QED) is 0.724. The Morgan fingerprint density at radius 2 is 1.90 bits per heavy atom. The first-order valence-electron chi connectivity index (χ1n) is 10.6. The molecule has 170 valence electrons. The van der Waals surface area contributed by atoms with Crippen molar-refractivity contribution >= 4 is 11.9 Å². The van der Waals surface area contributed by atoms with Crippen molar-refractivity contribution in [1.29, 1.82) is 0 Å². The lowest BCUT2D eigenvalue weighted by atomic mass is 9.76. The summed E-state index contributed by atoms with van der Waals surface area (Å²) in [4.78, 5) is 32.3. The lowest BCUT2D eigenvalue weighted by molar-refractivity contribution is -0.151. The molecule has 31 heavy (non-hydrogen) atoms. The second-order valence-electron chi connectivity index (χ2n) is 8.76. The molecule has 0 bridgehead atoms. The van der Waals surface area contributed by atoms with E-state index >= 15 is 0 Å². The summed E-state index contributed by atoms with van der Waals surface area (Å²) in [7, 11) is 0. The number of cyclic esters (lactones) is 1. The Balaban J connectivity index is 1.35. The third-order valence-corrected chi connectivity index (χ3v) is 6.65. The molecule has 4 heterocycles. The number of aliphatic hydroxyl groups is 1. The number of amides is 1. The maximum atomic E-state index is 12.9. The van der Waals surface area contributed by atoms with Gasteiger partial charge < -0.3 is 14.7 Å². The zero-order valence-electron chi connectivity index (χ0n) is 17.1. The van der Waals surface area contributed by atoms with E-state index in [1.165, 1.54) is 11.0 Å². The van der Waals surface area contributed by atoms with Crippen molar-refractivity contribution in [3.8, 4) is 0 Å². The van der Waals surface area contributed by atoms with Crippen LogP contribution in [0.15, 0.2) is 18.3 Å². The number of pyridine rings is 1. The number of esters is 1. The van der Waals surface area contributed by atoms with Crippen molar-refractivity contribution in [3.05, 3.63) is 29.6 Å². The van der Waals surface area contributed by atoms with Gasteiger partial charge in [0.05, 0.1) is 11.5 Å². The van der Waals surface area contributed by atoms with Gasteiger partial charge in [-0.25, -0.2) is 0 Å². The number of ether oxygens (including phenoxy) is 1. The summed E-state index contributed by atoms with van der Waals surface area (Å²) in [6.07, 6.45) is -1.21. The van der Waals surface area contributed by atoms with Crippen molar-refractivity contribution in [2.75, 3.05) is 32.7 Å². The molecule has 3 fully saturated rings. The molecule has 1 N–H and O–H groups in total. The van der Waals surface area contributed by atoms with Crippen LogP contribution in [0.5, 0.6) is 0 Å². The van der Waals surface area contributed by atoms with Crippen LogP contribution in [0.25, 0.3) is 0 Å². The molecule has 3 aliphatic heterocycles. The number of carbonyl (C=O) groups excluding carboxylic acids is 2. The number of aromatic nitrogens is 1. The van der Waals surface area contributed by atoms with E-state index in [2.05, 4.69) is 9.88 Å². The summed E-state index contributed by atoms with van der Waals surface area (Å²) in [5, 5.41) is 9.63. The number of rotatable bonds is 3. The van der Waals surface area contributed by atoms with Crippen LogP contribution < -0.4 is 0 Å². The number of halogens is 3. The van der Waals surface area contributed by atoms with E-state index in [-0.39, 0.29) is 23.7 Å². The van der Waals surface area contributed by atoms with Crippen molar-refractivity contribution in [1.82, 2.24) is 14.8 Å². The monoisotopic (exact) mass is 441 g/mol. The van der Waals surface area contributed by atoms with E-state index < -0.39 is 23.2 Å². The summed E-state index contributed by atoms with van der Waals surface area (Å²) < 4.78 is 44.3. The van der Waals surface area contributed by atoms with Gasteiger partial charge in [0.2, 0.25) is 0 Å². The van der Waals surface area contributed by atoms with Crippen LogP contribution in [-0.2, 0) is 15.7 Å². The minimum atomic E-state index is -4.61. The van der Waals surface area contributed by atoms with Crippen LogP contribution in [0.1, 0.15) is 48.2 Å². The average molecular weight is 441 g/mol. The van der Waals surface area contributed by atoms with Crippen LogP contribution in [0.2, 0.25) is 0 Å². The average Bonchev–Trinajstić information content (AvgIpc) is 3.03. The van der Waals surface area contributed by atoms with Crippen LogP contribution in [0.4, 0.5) is 13.2 Å². The van der Waals surface area contributed by atoms with Crippen molar-refractivity contribution in [3.63, 3.8) is 0 Å². The number of likely N-dealkylation sites (tertiary alicyclic amines) is 2. The highest BCUT2D eigenvalue weighted by molar-refractivity contribution is 5.94. The van der Waals surface area contributed by atoms with E-state index in [0.717, 1.165) is 25.4 Å². The SMILES string of the molecule is O=C(c1ccnc(C(F)(F)F)c1)N1CCC2(CC1)CC(CN1CCC(O)CC1)OC2=O. The van der Waals surface area contributed by atoms with E-state index in [1.54, 1.807) is 0 Å². The van der Waals surface area contributed by atoms with Crippen molar-refractivity contribution < 1.29 is 32.6 Å². The minimum absolute atomic E-state index is 0.0579. The highest BCUT2D eigenvalue weighted by atomic mass is 19.4. The van der Waals surface area contributed by atoms with Crippen LogP contribution in [-0.4, -0.2) is 76.7 Å². The Hall–Kier alpha value is -2.20. The van der Waals surface area contributed by atoms with Gasteiger partial charge in [-0.3, -0.25) is 19.5 Å². The van der Waals surface area contributed by atoms with Gasteiger partial charge in [-0.15, -0.1) is 0 Å². The number of piperidine rings is 2. The van der Waals surface area contributed by atoms with Crippen molar-refractivity contribution in [2.24, 2.45) is 5.41 Å². The molecule has 3 aliphatic rings. The summed E-state index contributed by atoms with van der Waals surface area (Å²) in [5.74, 6) is -0.734. The molecule has 10 heteroatoms. The van der Waals surface area contributed by atoms with Crippen LogP contribution in [0, 0.1) is 5.41 Å². The molecule has 0 aliphatic carbocycles. The number of alkyl halides is 3. The summed E-state index contributed by atoms with van der Waals surface area (Å²) in [5.41, 5.74) is -1.79.